The number of urea groups is 1. The standard InChI is InChI=1S/C20H20N2O4/c1-13-7-9-16(10-8-13)20(2)18(24)22(19(25)21-20)12-14-5-4-6-15(11-14)17(23)26-3/h4-11H,12H2,1-3H3,(H,21,25). The Morgan fingerprint density at radius 2 is 1.85 bits per heavy atom. The molecule has 1 heterocycles. The molecule has 6 nitrogen and oxygen atoms in total. The number of nitrogens with zero attached hydrogens (tertiary/aromatic N) is 1. The number of benzene rings is 2. The second-order valence-electron chi connectivity index (χ2n) is 6.50. The first-order valence-corrected chi connectivity index (χ1v) is 8.23. The molecule has 0 aliphatic carbocycles. The summed E-state index contributed by atoms with van der Waals surface area (Å²) >= 11 is 0. The lowest BCUT2D eigenvalue weighted by Gasteiger charge is -2.22. The SMILES string of the molecule is COC(=O)c1cccc(CN2C(=O)NC(C)(c3ccc(C)cc3)C2=O)c1. The van der Waals surface area contributed by atoms with Gasteiger partial charge >= 0.3 is 12.0 Å². The van der Waals surface area contributed by atoms with Crippen molar-refractivity contribution < 1.29 is 19.1 Å². The average Bonchev–Trinajstić information content (AvgIpc) is 2.86. The average molecular weight is 352 g/mol. The number of aryl methyl sites for hydroxylation is 1. The molecular formula is C20H20N2O4. The molecule has 1 unspecified atom stereocenters. The van der Waals surface area contributed by atoms with Crippen LogP contribution < -0.4 is 5.32 Å². The molecule has 3 rings (SSSR count). The van der Waals surface area contributed by atoms with Gasteiger partial charge in [0.15, 0.2) is 0 Å². The lowest BCUT2D eigenvalue weighted by molar-refractivity contribution is -0.131. The Kier molecular flexibility index (Phi) is 4.50. The molecule has 1 aliphatic heterocycles. The normalized spacial score (nSPS) is 19.4. The minimum atomic E-state index is -1.11. The van der Waals surface area contributed by atoms with Crippen LogP contribution in [0.2, 0.25) is 0 Å². The molecule has 0 aromatic heterocycles. The summed E-state index contributed by atoms with van der Waals surface area (Å²) in [7, 11) is 1.31. The maximum absolute atomic E-state index is 13.0. The van der Waals surface area contributed by atoms with Crippen LogP contribution in [0.4, 0.5) is 4.79 Å². The Labute approximate surface area is 151 Å². The minimum absolute atomic E-state index is 0.0803. The van der Waals surface area contributed by atoms with Crippen LogP contribution in [0.25, 0.3) is 0 Å². The summed E-state index contributed by atoms with van der Waals surface area (Å²) in [5.41, 5.74) is 1.74. The molecule has 0 radical (unpaired) electrons. The van der Waals surface area contributed by atoms with Gasteiger partial charge in [0.25, 0.3) is 5.91 Å². The first-order chi connectivity index (χ1) is 12.3. The topological polar surface area (TPSA) is 75.7 Å². The highest BCUT2D eigenvalue weighted by atomic mass is 16.5. The lowest BCUT2D eigenvalue weighted by atomic mass is 9.91. The molecular weight excluding hydrogens is 332 g/mol. The van der Waals surface area contributed by atoms with Crippen LogP contribution in [0.15, 0.2) is 48.5 Å². The van der Waals surface area contributed by atoms with Gasteiger partial charge in [-0.25, -0.2) is 9.59 Å². The van der Waals surface area contributed by atoms with Gasteiger partial charge in [-0.2, -0.15) is 0 Å². The molecule has 2 aromatic rings. The third-order valence-corrected chi connectivity index (χ3v) is 4.59. The number of carbonyl (C=O) groups is 3. The molecule has 0 bridgehead atoms. The van der Waals surface area contributed by atoms with Crippen LogP contribution in [0, 0.1) is 6.92 Å². The van der Waals surface area contributed by atoms with E-state index in [9.17, 15) is 14.4 Å². The number of amides is 3. The summed E-state index contributed by atoms with van der Waals surface area (Å²) in [5, 5.41) is 2.78. The number of hydrogen-bond acceptors (Lipinski definition) is 4. The van der Waals surface area contributed by atoms with Crippen molar-refractivity contribution in [2.45, 2.75) is 25.9 Å². The summed E-state index contributed by atoms with van der Waals surface area (Å²) < 4.78 is 4.71. The van der Waals surface area contributed by atoms with Crippen molar-refractivity contribution in [3.63, 3.8) is 0 Å². The Hall–Kier alpha value is -3.15. The van der Waals surface area contributed by atoms with Crippen molar-refractivity contribution in [2.24, 2.45) is 0 Å². The molecule has 2 aromatic carbocycles. The predicted octanol–water partition coefficient (Wildman–Crippen LogP) is 2.75. The summed E-state index contributed by atoms with van der Waals surface area (Å²) in [5.74, 6) is -0.789. The number of nitrogens with one attached hydrogen (secondary N) is 1. The zero-order valence-corrected chi connectivity index (χ0v) is 14.9. The Morgan fingerprint density at radius 3 is 2.50 bits per heavy atom. The van der Waals surface area contributed by atoms with E-state index >= 15 is 0 Å². The summed E-state index contributed by atoms with van der Waals surface area (Å²) in [4.78, 5) is 38.2. The zero-order valence-electron chi connectivity index (χ0n) is 14.9. The summed E-state index contributed by atoms with van der Waals surface area (Å²) in [6, 6.07) is 13.7. The molecule has 6 heteroatoms. The monoisotopic (exact) mass is 352 g/mol. The highest BCUT2D eigenvalue weighted by Crippen LogP contribution is 2.30. The van der Waals surface area contributed by atoms with Crippen molar-refractivity contribution in [1.29, 1.82) is 0 Å². The van der Waals surface area contributed by atoms with Crippen molar-refractivity contribution in [3.05, 3.63) is 70.8 Å². The van der Waals surface area contributed by atoms with E-state index in [-0.39, 0.29) is 12.5 Å². The molecule has 0 saturated carbocycles. The molecule has 1 aliphatic rings. The molecule has 1 N–H and O–H groups in total. The number of esters is 1. The molecule has 3 amide bonds. The van der Waals surface area contributed by atoms with E-state index in [1.54, 1.807) is 31.2 Å². The van der Waals surface area contributed by atoms with Crippen molar-refractivity contribution in [2.75, 3.05) is 7.11 Å². The maximum atomic E-state index is 13.0. The molecule has 1 saturated heterocycles. The van der Waals surface area contributed by atoms with Crippen molar-refractivity contribution in [1.82, 2.24) is 10.2 Å². The van der Waals surface area contributed by atoms with Gasteiger partial charge in [0.05, 0.1) is 19.2 Å². The fourth-order valence-electron chi connectivity index (χ4n) is 3.02. The number of carbonyl (C=O) groups excluding carboxylic acids is 3. The number of rotatable bonds is 4. The van der Waals surface area contributed by atoms with Crippen LogP contribution in [0.5, 0.6) is 0 Å². The van der Waals surface area contributed by atoms with E-state index in [1.807, 2.05) is 31.2 Å². The van der Waals surface area contributed by atoms with Crippen molar-refractivity contribution in [3.8, 4) is 0 Å². The van der Waals surface area contributed by atoms with Gasteiger partial charge in [-0.05, 0) is 37.1 Å². The van der Waals surface area contributed by atoms with E-state index in [0.29, 0.717) is 11.1 Å². The number of methoxy groups -OCH3 is 1. The fourth-order valence-corrected chi connectivity index (χ4v) is 3.02. The van der Waals surface area contributed by atoms with Gasteiger partial charge in [-0.1, -0.05) is 42.0 Å². The van der Waals surface area contributed by atoms with Crippen LogP contribution in [0.1, 0.15) is 34.0 Å². The van der Waals surface area contributed by atoms with Crippen molar-refractivity contribution >= 4 is 17.9 Å². The van der Waals surface area contributed by atoms with E-state index in [1.165, 1.54) is 7.11 Å². The largest absolute Gasteiger partial charge is 0.465 e. The van der Waals surface area contributed by atoms with Crippen LogP contribution in [0.3, 0.4) is 0 Å². The van der Waals surface area contributed by atoms with Crippen LogP contribution >= 0.6 is 0 Å². The minimum Gasteiger partial charge on any atom is -0.465 e. The fraction of sp³-hybridized carbons (Fsp3) is 0.250. The van der Waals surface area contributed by atoms with Crippen LogP contribution in [-0.4, -0.2) is 29.9 Å². The van der Waals surface area contributed by atoms with Gasteiger partial charge in [0.2, 0.25) is 0 Å². The maximum Gasteiger partial charge on any atom is 0.337 e. The Morgan fingerprint density at radius 1 is 1.15 bits per heavy atom. The third kappa shape index (κ3) is 3.06. The number of imide groups is 1. The smallest absolute Gasteiger partial charge is 0.337 e. The van der Waals surface area contributed by atoms with Gasteiger partial charge in [-0.15, -0.1) is 0 Å². The highest BCUT2D eigenvalue weighted by molar-refractivity contribution is 6.07. The number of hydrogen-bond donors (Lipinski definition) is 1. The van der Waals surface area contributed by atoms with Gasteiger partial charge in [0, 0.05) is 0 Å². The summed E-state index contributed by atoms with van der Waals surface area (Å²) in [6.45, 7) is 3.74. The number of ether oxygens (including phenoxy) is 1. The molecule has 1 atom stereocenters. The van der Waals surface area contributed by atoms with E-state index in [0.717, 1.165) is 16.0 Å². The molecule has 1 fully saturated rings. The predicted molar refractivity (Wildman–Crippen MR) is 95.4 cm³/mol. The first kappa shape index (κ1) is 17.7. The van der Waals surface area contributed by atoms with Gasteiger partial charge in [-0.3, -0.25) is 9.69 Å². The molecule has 0 spiro atoms. The quantitative estimate of drug-likeness (QED) is 0.678. The Bertz CT molecular complexity index is 876. The second kappa shape index (κ2) is 6.63. The van der Waals surface area contributed by atoms with E-state index in [4.69, 9.17) is 4.74 Å². The van der Waals surface area contributed by atoms with Crippen LogP contribution in [-0.2, 0) is 21.6 Å². The zero-order chi connectivity index (χ0) is 18.9. The van der Waals surface area contributed by atoms with E-state index < -0.39 is 17.5 Å². The first-order valence-electron chi connectivity index (χ1n) is 8.23. The van der Waals surface area contributed by atoms with Gasteiger partial charge in [0.1, 0.15) is 5.54 Å². The van der Waals surface area contributed by atoms with E-state index in [2.05, 4.69) is 5.32 Å². The summed E-state index contributed by atoms with van der Waals surface area (Å²) in [6.07, 6.45) is 0. The highest BCUT2D eigenvalue weighted by Gasteiger charge is 2.48. The van der Waals surface area contributed by atoms with Gasteiger partial charge < -0.3 is 10.1 Å². The lowest BCUT2D eigenvalue weighted by Crippen LogP contribution is -2.40. The second-order valence-corrected chi connectivity index (χ2v) is 6.50. The third-order valence-electron chi connectivity index (χ3n) is 4.59. The Balaban J connectivity index is 1.86. The molecule has 26 heavy (non-hydrogen) atoms. The molecule has 134 valence electrons.